The molecule has 3 aromatic rings. The fourth-order valence-corrected chi connectivity index (χ4v) is 4.10. The second-order valence-corrected chi connectivity index (χ2v) is 9.55. The second kappa shape index (κ2) is 8.98. The molecule has 0 bridgehead atoms. The smallest absolute Gasteiger partial charge is 0.177 e. The molecule has 11 heteroatoms. The SMILES string of the molecule is COc1c([C@H](C)Nc2ncnc(N)c2C#N)cc(Cl)c(C)c1-c1cncc(S(C)(=O)=O)c1. The van der Waals surface area contributed by atoms with Gasteiger partial charge in [-0.2, -0.15) is 5.26 Å². The minimum Gasteiger partial charge on any atom is -0.496 e. The monoisotopic (exact) mass is 472 g/mol. The number of methoxy groups -OCH3 is 1. The summed E-state index contributed by atoms with van der Waals surface area (Å²) >= 11 is 6.54. The summed E-state index contributed by atoms with van der Waals surface area (Å²) in [6, 6.07) is 4.87. The minimum absolute atomic E-state index is 0.0652. The van der Waals surface area contributed by atoms with Crippen LogP contribution in [0.4, 0.5) is 11.6 Å². The van der Waals surface area contributed by atoms with E-state index in [0.717, 1.165) is 6.26 Å². The maximum Gasteiger partial charge on any atom is 0.177 e. The highest BCUT2D eigenvalue weighted by atomic mass is 35.5. The number of nitrogens with zero attached hydrogens (tertiary/aromatic N) is 4. The van der Waals surface area contributed by atoms with Crippen molar-refractivity contribution in [2.45, 2.75) is 24.8 Å². The zero-order valence-electron chi connectivity index (χ0n) is 17.8. The highest BCUT2D eigenvalue weighted by molar-refractivity contribution is 7.90. The molecule has 3 rings (SSSR count). The Morgan fingerprint density at radius 1 is 1.28 bits per heavy atom. The van der Waals surface area contributed by atoms with Gasteiger partial charge in [0.2, 0.25) is 0 Å². The first-order chi connectivity index (χ1) is 15.1. The van der Waals surface area contributed by atoms with Gasteiger partial charge in [-0.25, -0.2) is 18.4 Å². The molecule has 0 spiro atoms. The average Bonchev–Trinajstić information content (AvgIpc) is 2.74. The number of ether oxygens (including phenoxy) is 1. The van der Waals surface area contributed by atoms with Gasteiger partial charge in [-0.15, -0.1) is 0 Å². The zero-order chi connectivity index (χ0) is 23.6. The molecule has 0 radical (unpaired) electrons. The number of anilines is 2. The molecule has 32 heavy (non-hydrogen) atoms. The minimum atomic E-state index is -3.46. The van der Waals surface area contributed by atoms with E-state index in [9.17, 15) is 13.7 Å². The molecule has 1 aromatic carbocycles. The fraction of sp³-hybridized carbons (Fsp3) is 0.238. The Bertz CT molecular complexity index is 1340. The molecule has 2 heterocycles. The van der Waals surface area contributed by atoms with Crippen LogP contribution in [-0.2, 0) is 9.84 Å². The molecular formula is C21H21ClN6O3S. The van der Waals surface area contributed by atoms with E-state index >= 15 is 0 Å². The van der Waals surface area contributed by atoms with E-state index in [1.165, 1.54) is 25.7 Å². The van der Waals surface area contributed by atoms with Crippen LogP contribution in [0.15, 0.2) is 35.7 Å². The Balaban J connectivity index is 2.17. The van der Waals surface area contributed by atoms with Crippen molar-refractivity contribution in [3.8, 4) is 22.9 Å². The van der Waals surface area contributed by atoms with Crippen molar-refractivity contribution in [3.05, 3.63) is 52.6 Å². The van der Waals surface area contributed by atoms with E-state index in [1.807, 2.05) is 19.9 Å². The molecule has 0 fully saturated rings. The third kappa shape index (κ3) is 4.44. The maximum absolute atomic E-state index is 12.0. The van der Waals surface area contributed by atoms with Crippen LogP contribution in [0.3, 0.4) is 0 Å². The van der Waals surface area contributed by atoms with Crippen molar-refractivity contribution in [1.82, 2.24) is 15.0 Å². The molecule has 0 unspecified atom stereocenters. The lowest BCUT2D eigenvalue weighted by atomic mass is 9.94. The predicted octanol–water partition coefficient (Wildman–Crippen LogP) is 3.54. The van der Waals surface area contributed by atoms with Gasteiger partial charge < -0.3 is 15.8 Å². The predicted molar refractivity (Wildman–Crippen MR) is 122 cm³/mol. The van der Waals surface area contributed by atoms with Crippen LogP contribution in [0.5, 0.6) is 5.75 Å². The first-order valence-electron chi connectivity index (χ1n) is 9.38. The number of benzene rings is 1. The summed E-state index contributed by atoms with van der Waals surface area (Å²) in [5, 5.41) is 13.0. The first-order valence-corrected chi connectivity index (χ1v) is 11.6. The topological polar surface area (TPSA) is 144 Å². The molecule has 0 amide bonds. The molecule has 9 nitrogen and oxygen atoms in total. The van der Waals surface area contributed by atoms with Gasteiger partial charge in [0, 0.05) is 40.4 Å². The van der Waals surface area contributed by atoms with E-state index in [-0.39, 0.29) is 22.1 Å². The summed E-state index contributed by atoms with van der Waals surface area (Å²) in [5.41, 5.74) is 8.44. The summed E-state index contributed by atoms with van der Waals surface area (Å²) in [6.07, 6.45) is 5.22. The second-order valence-electron chi connectivity index (χ2n) is 7.12. The van der Waals surface area contributed by atoms with E-state index in [2.05, 4.69) is 20.3 Å². The van der Waals surface area contributed by atoms with Crippen LogP contribution < -0.4 is 15.8 Å². The van der Waals surface area contributed by atoms with Crippen molar-refractivity contribution in [2.75, 3.05) is 24.4 Å². The van der Waals surface area contributed by atoms with Gasteiger partial charge in [-0.1, -0.05) is 11.6 Å². The molecule has 166 valence electrons. The van der Waals surface area contributed by atoms with Crippen LogP contribution >= 0.6 is 11.6 Å². The first kappa shape index (κ1) is 23.2. The number of rotatable bonds is 6. The van der Waals surface area contributed by atoms with E-state index in [1.54, 1.807) is 12.3 Å². The van der Waals surface area contributed by atoms with Crippen molar-refractivity contribution >= 4 is 33.1 Å². The van der Waals surface area contributed by atoms with Gasteiger partial charge in [0.15, 0.2) is 9.84 Å². The van der Waals surface area contributed by atoms with Gasteiger partial charge in [0.25, 0.3) is 0 Å². The van der Waals surface area contributed by atoms with Gasteiger partial charge in [0.05, 0.1) is 18.0 Å². The van der Waals surface area contributed by atoms with Gasteiger partial charge in [-0.3, -0.25) is 4.98 Å². The number of nitriles is 1. The molecule has 1 atom stereocenters. The number of nitrogen functional groups attached to an aromatic ring is 1. The molecule has 3 N–H and O–H groups in total. The number of hydrogen-bond acceptors (Lipinski definition) is 9. The number of sulfone groups is 1. The Labute approximate surface area is 191 Å². The van der Waals surface area contributed by atoms with Crippen molar-refractivity contribution in [2.24, 2.45) is 0 Å². The van der Waals surface area contributed by atoms with Crippen molar-refractivity contribution in [3.63, 3.8) is 0 Å². The standard InChI is InChI=1S/C21H21ClN6O3S/c1-11-17(22)6-15(12(2)28-21-16(7-23)20(24)26-10-27-21)19(31-3)18(11)13-5-14(9-25-8-13)32(4,29)30/h5-6,8-10,12H,1-4H3,(H3,24,26,27,28)/t12-/m0/s1. The van der Waals surface area contributed by atoms with Crippen LogP contribution in [0, 0.1) is 18.3 Å². The number of nitrogens with one attached hydrogen (secondary N) is 1. The maximum atomic E-state index is 12.0. The molecule has 2 aromatic heterocycles. The Morgan fingerprint density at radius 3 is 2.62 bits per heavy atom. The number of hydrogen-bond donors (Lipinski definition) is 2. The summed E-state index contributed by atoms with van der Waals surface area (Å²) in [6.45, 7) is 3.66. The molecule has 0 aliphatic heterocycles. The quantitative estimate of drug-likeness (QED) is 0.550. The van der Waals surface area contributed by atoms with Crippen LogP contribution in [0.1, 0.15) is 29.7 Å². The van der Waals surface area contributed by atoms with Crippen LogP contribution in [-0.4, -0.2) is 36.7 Å². The Kier molecular flexibility index (Phi) is 6.52. The van der Waals surface area contributed by atoms with Crippen molar-refractivity contribution in [1.29, 1.82) is 5.26 Å². The lowest BCUT2D eigenvalue weighted by Gasteiger charge is -2.23. The summed E-state index contributed by atoms with van der Waals surface area (Å²) < 4.78 is 29.8. The van der Waals surface area contributed by atoms with Crippen LogP contribution in [0.25, 0.3) is 11.1 Å². The summed E-state index contributed by atoms with van der Waals surface area (Å²) in [4.78, 5) is 12.1. The molecule has 0 aliphatic carbocycles. The lowest BCUT2D eigenvalue weighted by Crippen LogP contribution is -2.13. The highest BCUT2D eigenvalue weighted by Gasteiger charge is 2.23. The normalized spacial score (nSPS) is 12.1. The number of pyridine rings is 1. The summed E-state index contributed by atoms with van der Waals surface area (Å²) in [7, 11) is -1.95. The van der Waals surface area contributed by atoms with Gasteiger partial charge in [-0.05, 0) is 31.5 Å². The zero-order valence-corrected chi connectivity index (χ0v) is 19.4. The van der Waals surface area contributed by atoms with Crippen molar-refractivity contribution < 1.29 is 13.2 Å². The third-order valence-corrected chi connectivity index (χ3v) is 6.42. The molecule has 0 saturated heterocycles. The summed E-state index contributed by atoms with van der Waals surface area (Å²) in [5.74, 6) is 0.823. The van der Waals surface area contributed by atoms with E-state index in [4.69, 9.17) is 22.1 Å². The van der Waals surface area contributed by atoms with Gasteiger partial charge in [0.1, 0.15) is 35.3 Å². The van der Waals surface area contributed by atoms with Crippen LogP contribution in [0.2, 0.25) is 5.02 Å². The number of halogens is 1. The Hall–Kier alpha value is -3.42. The number of nitrogens with two attached hydrogens (primary N) is 1. The van der Waals surface area contributed by atoms with Gasteiger partial charge >= 0.3 is 0 Å². The van der Waals surface area contributed by atoms with E-state index < -0.39 is 15.9 Å². The highest BCUT2D eigenvalue weighted by Crippen LogP contribution is 2.43. The largest absolute Gasteiger partial charge is 0.496 e. The molecule has 0 saturated carbocycles. The molecular weight excluding hydrogens is 452 g/mol. The molecule has 0 aliphatic rings. The lowest BCUT2D eigenvalue weighted by molar-refractivity contribution is 0.409. The average molecular weight is 473 g/mol. The Morgan fingerprint density at radius 2 is 2.00 bits per heavy atom. The fourth-order valence-electron chi connectivity index (χ4n) is 3.29. The van der Waals surface area contributed by atoms with E-state index in [0.29, 0.717) is 33.0 Å². The third-order valence-electron chi connectivity index (χ3n) is 4.95. The number of aromatic nitrogens is 3.